The summed E-state index contributed by atoms with van der Waals surface area (Å²) in [5, 5.41) is 3.94. The number of hydrogen-bond donors (Lipinski definition) is 0. The highest BCUT2D eigenvalue weighted by molar-refractivity contribution is 5.94. The van der Waals surface area contributed by atoms with Gasteiger partial charge < -0.3 is 9.32 Å². The van der Waals surface area contributed by atoms with E-state index in [1.54, 1.807) is 30.3 Å². The van der Waals surface area contributed by atoms with Crippen molar-refractivity contribution in [3.8, 4) is 16.9 Å². The molecule has 1 saturated heterocycles. The molecule has 0 radical (unpaired) electrons. The van der Waals surface area contributed by atoms with E-state index in [0.29, 0.717) is 40.6 Å². The minimum atomic E-state index is -4.54. The first-order valence-electron chi connectivity index (χ1n) is 10.5. The number of nitrogens with zero attached hydrogens (tertiary/aromatic N) is 3. The lowest BCUT2D eigenvalue weighted by Gasteiger charge is -2.30. The van der Waals surface area contributed by atoms with Gasteiger partial charge in [0.2, 0.25) is 0 Å². The first-order valence-corrected chi connectivity index (χ1v) is 10.5. The van der Waals surface area contributed by atoms with E-state index >= 15 is 0 Å². The minimum absolute atomic E-state index is 0.0472. The molecule has 0 atom stereocenters. The second-order valence-corrected chi connectivity index (χ2v) is 8.36. The zero-order chi connectivity index (χ0) is 21.8. The first kappa shape index (κ1) is 19.9. The smallest absolute Gasteiger partial charge is 0.435 e. The molecule has 0 N–H and O–H groups in total. The number of alkyl halides is 3. The molecule has 0 spiro atoms. The molecular formula is C23H22F3N3O2. The largest absolute Gasteiger partial charge is 0.469 e. The van der Waals surface area contributed by atoms with Crippen molar-refractivity contribution in [3.63, 3.8) is 0 Å². The number of rotatable bonds is 2. The Bertz CT molecular complexity index is 1120. The van der Waals surface area contributed by atoms with Crippen LogP contribution in [0.5, 0.6) is 0 Å². The van der Waals surface area contributed by atoms with Crippen molar-refractivity contribution in [2.75, 3.05) is 13.1 Å². The van der Waals surface area contributed by atoms with Crippen LogP contribution in [0.1, 0.15) is 47.1 Å². The van der Waals surface area contributed by atoms with Crippen molar-refractivity contribution in [2.24, 2.45) is 5.92 Å². The molecule has 5 nitrogen and oxygen atoms in total. The third-order valence-electron chi connectivity index (χ3n) is 6.28. The van der Waals surface area contributed by atoms with Crippen molar-refractivity contribution >= 4 is 5.91 Å². The predicted octanol–water partition coefficient (Wildman–Crippen LogP) is 5.12. The SMILES string of the molecule is CC1CCN(C(=O)c2ccc(-n3nc(C(F)(F)F)c4c3-c3ccoc3CC4)cc2)CC1. The monoisotopic (exact) mass is 429 g/mol. The lowest BCUT2D eigenvalue weighted by molar-refractivity contribution is -0.142. The minimum Gasteiger partial charge on any atom is -0.469 e. The van der Waals surface area contributed by atoms with E-state index in [0.717, 1.165) is 25.9 Å². The molecule has 5 rings (SSSR count). The molecular weight excluding hydrogens is 407 g/mol. The second kappa shape index (κ2) is 7.28. The number of aryl methyl sites for hydroxylation is 1. The number of benzene rings is 1. The van der Waals surface area contributed by atoms with E-state index in [1.807, 2.05) is 4.90 Å². The maximum Gasteiger partial charge on any atom is 0.435 e. The highest BCUT2D eigenvalue weighted by Crippen LogP contribution is 2.42. The fraction of sp³-hybridized carbons (Fsp3) is 0.391. The van der Waals surface area contributed by atoms with Crippen molar-refractivity contribution in [3.05, 3.63) is 59.2 Å². The van der Waals surface area contributed by atoms with Gasteiger partial charge in [-0.25, -0.2) is 4.68 Å². The van der Waals surface area contributed by atoms with Gasteiger partial charge in [0.1, 0.15) is 5.76 Å². The van der Waals surface area contributed by atoms with E-state index in [4.69, 9.17) is 4.42 Å². The molecule has 162 valence electrons. The molecule has 1 aliphatic heterocycles. The van der Waals surface area contributed by atoms with Crippen LogP contribution in [0.25, 0.3) is 16.9 Å². The van der Waals surface area contributed by atoms with Crippen LogP contribution in [0.15, 0.2) is 41.0 Å². The lowest BCUT2D eigenvalue weighted by Crippen LogP contribution is -2.37. The van der Waals surface area contributed by atoms with Crippen LogP contribution in [0.4, 0.5) is 13.2 Å². The number of fused-ring (bicyclic) bond motifs is 3. The van der Waals surface area contributed by atoms with E-state index < -0.39 is 11.9 Å². The topological polar surface area (TPSA) is 51.3 Å². The summed E-state index contributed by atoms with van der Waals surface area (Å²) in [6.45, 7) is 3.64. The average molecular weight is 429 g/mol. The lowest BCUT2D eigenvalue weighted by atomic mass is 9.94. The number of piperidine rings is 1. The molecule has 2 aromatic heterocycles. The standard InChI is InChI=1S/C23H22F3N3O2/c1-14-8-11-28(12-9-14)22(30)15-2-4-16(5-3-15)29-20-17-10-13-31-19(17)7-6-18(20)21(27-29)23(24,25)26/h2-5,10,13-14H,6-9,11-12H2,1H3. The van der Waals surface area contributed by atoms with Gasteiger partial charge in [-0.05, 0) is 55.5 Å². The van der Waals surface area contributed by atoms with E-state index in [2.05, 4.69) is 12.0 Å². The Labute approximate surface area is 177 Å². The number of likely N-dealkylation sites (tertiary alicyclic amines) is 1. The van der Waals surface area contributed by atoms with Gasteiger partial charge in [-0.3, -0.25) is 4.79 Å². The predicted molar refractivity (Wildman–Crippen MR) is 108 cm³/mol. The molecule has 8 heteroatoms. The van der Waals surface area contributed by atoms with Gasteiger partial charge in [0, 0.05) is 36.2 Å². The van der Waals surface area contributed by atoms with E-state index in [1.165, 1.54) is 10.9 Å². The molecule has 0 bridgehead atoms. The summed E-state index contributed by atoms with van der Waals surface area (Å²) in [4.78, 5) is 14.6. The molecule has 3 aromatic rings. The van der Waals surface area contributed by atoms with Crippen molar-refractivity contribution < 1.29 is 22.4 Å². The van der Waals surface area contributed by atoms with Gasteiger partial charge in [-0.1, -0.05) is 6.92 Å². The number of carbonyl (C=O) groups excluding carboxylic acids is 1. The van der Waals surface area contributed by atoms with Gasteiger partial charge in [-0.2, -0.15) is 18.3 Å². The Hall–Kier alpha value is -3.03. The van der Waals surface area contributed by atoms with E-state index in [-0.39, 0.29) is 17.9 Å². The summed E-state index contributed by atoms with van der Waals surface area (Å²) in [7, 11) is 0. The van der Waals surface area contributed by atoms with Crippen LogP contribution in [0.3, 0.4) is 0 Å². The maximum absolute atomic E-state index is 13.7. The van der Waals surface area contributed by atoms with Crippen LogP contribution in [-0.4, -0.2) is 33.7 Å². The summed E-state index contributed by atoms with van der Waals surface area (Å²) >= 11 is 0. The van der Waals surface area contributed by atoms with Gasteiger partial charge in [0.05, 0.1) is 17.6 Å². The third kappa shape index (κ3) is 3.43. The molecule has 1 aromatic carbocycles. The average Bonchev–Trinajstić information content (AvgIpc) is 3.38. The van der Waals surface area contributed by atoms with Crippen LogP contribution in [0, 0.1) is 5.92 Å². The molecule has 1 amide bonds. The number of carbonyl (C=O) groups is 1. The number of aromatic nitrogens is 2. The van der Waals surface area contributed by atoms with Crippen molar-refractivity contribution in [1.29, 1.82) is 0 Å². The fourth-order valence-corrected chi connectivity index (χ4v) is 4.50. The fourth-order valence-electron chi connectivity index (χ4n) is 4.50. The number of amides is 1. The highest BCUT2D eigenvalue weighted by atomic mass is 19.4. The van der Waals surface area contributed by atoms with Crippen molar-refractivity contribution in [1.82, 2.24) is 14.7 Å². The van der Waals surface area contributed by atoms with Gasteiger partial charge in [0.15, 0.2) is 5.69 Å². The molecule has 0 unspecified atom stereocenters. The van der Waals surface area contributed by atoms with Crippen LogP contribution >= 0.6 is 0 Å². The summed E-state index contributed by atoms with van der Waals surface area (Å²) < 4.78 is 47.8. The third-order valence-corrected chi connectivity index (χ3v) is 6.28. The number of halogens is 3. The van der Waals surface area contributed by atoms with Crippen molar-refractivity contribution in [2.45, 2.75) is 38.8 Å². The molecule has 1 fully saturated rings. The molecule has 31 heavy (non-hydrogen) atoms. The van der Waals surface area contributed by atoms with E-state index in [9.17, 15) is 18.0 Å². The Morgan fingerprint density at radius 2 is 1.81 bits per heavy atom. The van der Waals surface area contributed by atoms with Gasteiger partial charge in [-0.15, -0.1) is 0 Å². The zero-order valence-corrected chi connectivity index (χ0v) is 17.1. The summed E-state index contributed by atoms with van der Waals surface area (Å²) in [6.07, 6.45) is -0.461. The van der Waals surface area contributed by atoms with Crippen LogP contribution in [-0.2, 0) is 19.0 Å². The Morgan fingerprint density at radius 1 is 1.10 bits per heavy atom. The van der Waals surface area contributed by atoms with Crippen LogP contribution in [0.2, 0.25) is 0 Å². The van der Waals surface area contributed by atoms with Gasteiger partial charge >= 0.3 is 6.18 Å². The molecule has 2 aliphatic rings. The van der Waals surface area contributed by atoms with Crippen LogP contribution < -0.4 is 0 Å². The number of furan rings is 1. The van der Waals surface area contributed by atoms with Gasteiger partial charge in [0.25, 0.3) is 5.91 Å². The second-order valence-electron chi connectivity index (χ2n) is 8.36. The zero-order valence-electron chi connectivity index (χ0n) is 17.1. The Balaban J connectivity index is 1.51. The maximum atomic E-state index is 13.7. The number of hydrogen-bond acceptors (Lipinski definition) is 3. The normalized spacial score (nSPS) is 16.8. The highest BCUT2D eigenvalue weighted by Gasteiger charge is 2.41. The molecule has 0 saturated carbocycles. The summed E-state index contributed by atoms with van der Waals surface area (Å²) in [5.41, 5.74) is 1.36. The Morgan fingerprint density at radius 3 is 2.48 bits per heavy atom. The molecule has 3 heterocycles. The first-order chi connectivity index (χ1) is 14.8. The molecule has 1 aliphatic carbocycles. The summed E-state index contributed by atoms with van der Waals surface area (Å²) in [5.74, 6) is 1.23. The quantitative estimate of drug-likeness (QED) is 0.568. The Kier molecular flexibility index (Phi) is 4.68. The summed E-state index contributed by atoms with van der Waals surface area (Å²) in [6, 6.07) is 8.32.